The number of benzene rings is 3. The Morgan fingerprint density at radius 2 is 1.53 bits per heavy atom. The summed E-state index contributed by atoms with van der Waals surface area (Å²) in [5, 5.41) is 0. The van der Waals surface area contributed by atoms with Crippen LogP contribution < -0.4 is 9.46 Å². The molecule has 1 saturated heterocycles. The Kier molecular flexibility index (Phi) is 7.49. The van der Waals surface area contributed by atoms with Gasteiger partial charge in [0.1, 0.15) is 5.75 Å². The first kappa shape index (κ1) is 23.8. The van der Waals surface area contributed by atoms with Crippen LogP contribution >= 0.6 is 0 Å². The van der Waals surface area contributed by atoms with Crippen LogP contribution in [0, 0.1) is 6.92 Å². The zero-order chi connectivity index (χ0) is 24.0. The normalized spacial score (nSPS) is 14.6. The number of amides is 1. The Labute approximate surface area is 201 Å². The van der Waals surface area contributed by atoms with Crippen molar-refractivity contribution in [2.75, 3.05) is 37.5 Å². The maximum absolute atomic E-state index is 12.7. The van der Waals surface area contributed by atoms with Gasteiger partial charge >= 0.3 is 0 Å². The van der Waals surface area contributed by atoms with E-state index < -0.39 is 10.0 Å². The molecule has 34 heavy (non-hydrogen) atoms. The number of para-hydroxylation sites is 1. The minimum Gasteiger partial charge on any atom is -0.484 e. The second-order valence-corrected chi connectivity index (χ2v) is 10.0. The molecule has 0 radical (unpaired) electrons. The number of anilines is 1. The van der Waals surface area contributed by atoms with E-state index in [1.54, 1.807) is 24.3 Å². The highest BCUT2D eigenvalue weighted by atomic mass is 32.2. The fourth-order valence-corrected chi connectivity index (χ4v) is 4.97. The Hall–Kier alpha value is -3.36. The molecule has 0 atom stereocenters. The van der Waals surface area contributed by atoms with Crippen LogP contribution in [-0.4, -0.2) is 56.9 Å². The van der Waals surface area contributed by atoms with Crippen molar-refractivity contribution in [1.29, 1.82) is 0 Å². The van der Waals surface area contributed by atoms with Crippen molar-refractivity contribution < 1.29 is 17.9 Å². The van der Waals surface area contributed by atoms with E-state index in [9.17, 15) is 13.2 Å². The third-order valence-electron chi connectivity index (χ3n) is 5.86. The van der Waals surface area contributed by atoms with Gasteiger partial charge in [0.25, 0.3) is 15.9 Å². The molecule has 1 amide bonds. The molecule has 0 aromatic heterocycles. The molecule has 4 rings (SSSR count). The molecule has 1 aliphatic heterocycles. The summed E-state index contributed by atoms with van der Waals surface area (Å²) in [5.74, 6) is 0.378. The number of piperazine rings is 1. The van der Waals surface area contributed by atoms with Gasteiger partial charge in [-0.3, -0.25) is 14.4 Å². The summed E-state index contributed by atoms with van der Waals surface area (Å²) in [6.45, 7) is 5.62. The minimum atomic E-state index is -3.71. The van der Waals surface area contributed by atoms with Gasteiger partial charge in [-0.05, 0) is 48.4 Å². The molecule has 1 aliphatic rings. The molecule has 1 N–H and O–H groups in total. The number of carbonyl (C=O) groups excluding carboxylic acids is 1. The summed E-state index contributed by atoms with van der Waals surface area (Å²) in [7, 11) is -3.71. The molecular weight excluding hydrogens is 450 g/mol. The first-order chi connectivity index (χ1) is 16.4. The van der Waals surface area contributed by atoms with E-state index in [1.165, 1.54) is 17.7 Å². The molecule has 0 aliphatic carbocycles. The first-order valence-electron chi connectivity index (χ1n) is 11.3. The monoisotopic (exact) mass is 479 g/mol. The summed E-state index contributed by atoms with van der Waals surface area (Å²) in [6, 6.07) is 23.6. The lowest BCUT2D eigenvalue weighted by Gasteiger charge is -2.34. The van der Waals surface area contributed by atoms with Crippen molar-refractivity contribution >= 4 is 21.6 Å². The number of rotatable bonds is 8. The van der Waals surface area contributed by atoms with E-state index >= 15 is 0 Å². The number of ether oxygens (including phenoxy) is 1. The van der Waals surface area contributed by atoms with Crippen LogP contribution in [0.4, 0.5) is 5.69 Å². The Bertz CT molecular complexity index is 1210. The summed E-state index contributed by atoms with van der Waals surface area (Å²) >= 11 is 0. The molecule has 3 aromatic carbocycles. The number of nitrogens with one attached hydrogen (secondary N) is 1. The number of aryl methyl sites for hydroxylation is 1. The van der Waals surface area contributed by atoms with Gasteiger partial charge in [-0.1, -0.05) is 48.5 Å². The summed E-state index contributed by atoms with van der Waals surface area (Å²) in [6.07, 6.45) is 0. The van der Waals surface area contributed by atoms with Crippen molar-refractivity contribution in [3.8, 4) is 5.75 Å². The highest BCUT2D eigenvalue weighted by Crippen LogP contribution is 2.21. The van der Waals surface area contributed by atoms with E-state index in [-0.39, 0.29) is 17.4 Å². The zero-order valence-electron chi connectivity index (χ0n) is 19.2. The number of hydrogen-bond donors (Lipinski definition) is 1. The van der Waals surface area contributed by atoms with Gasteiger partial charge in [0.2, 0.25) is 0 Å². The van der Waals surface area contributed by atoms with Gasteiger partial charge < -0.3 is 9.64 Å². The van der Waals surface area contributed by atoms with Gasteiger partial charge in [0, 0.05) is 32.7 Å². The molecule has 178 valence electrons. The molecule has 0 saturated carbocycles. The van der Waals surface area contributed by atoms with Crippen molar-refractivity contribution in [3.63, 3.8) is 0 Å². The van der Waals surface area contributed by atoms with E-state index in [4.69, 9.17) is 4.74 Å². The van der Waals surface area contributed by atoms with Crippen molar-refractivity contribution in [2.24, 2.45) is 0 Å². The van der Waals surface area contributed by atoms with E-state index in [0.717, 1.165) is 25.2 Å². The van der Waals surface area contributed by atoms with Crippen molar-refractivity contribution in [1.82, 2.24) is 9.80 Å². The van der Waals surface area contributed by atoms with Gasteiger partial charge in [-0.2, -0.15) is 0 Å². The van der Waals surface area contributed by atoms with Crippen molar-refractivity contribution in [3.05, 3.63) is 90.0 Å². The van der Waals surface area contributed by atoms with Crippen LogP contribution in [0.1, 0.15) is 11.1 Å². The van der Waals surface area contributed by atoms with Crippen LogP contribution in [0.15, 0.2) is 83.8 Å². The number of nitrogens with zero attached hydrogens (tertiary/aromatic N) is 2. The van der Waals surface area contributed by atoms with E-state index in [2.05, 4.69) is 21.8 Å². The van der Waals surface area contributed by atoms with E-state index in [0.29, 0.717) is 24.5 Å². The Balaban J connectivity index is 1.25. The Morgan fingerprint density at radius 3 is 2.21 bits per heavy atom. The van der Waals surface area contributed by atoms with Gasteiger partial charge in [0.05, 0.1) is 10.6 Å². The quantitative estimate of drug-likeness (QED) is 0.535. The van der Waals surface area contributed by atoms with Crippen molar-refractivity contribution in [2.45, 2.75) is 18.4 Å². The molecule has 8 heteroatoms. The summed E-state index contributed by atoms with van der Waals surface area (Å²) in [5.41, 5.74) is 2.65. The SMILES string of the molecule is Cc1ccccc1NS(=O)(=O)c1ccc(OCC(=O)N2CCN(Cc3ccccc3)CC2)cc1. The predicted molar refractivity (Wildman–Crippen MR) is 132 cm³/mol. The van der Waals surface area contributed by atoms with Gasteiger partial charge in [0.15, 0.2) is 6.61 Å². The highest BCUT2D eigenvalue weighted by Gasteiger charge is 2.21. The smallest absolute Gasteiger partial charge is 0.261 e. The highest BCUT2D eigenvalue weighted by molar-refractivity contribution is 7.92. The molecule has 0 spiro atoms. The average Bonchev–Trinajstić information content (AvgIpc) is 2.85. The molecule has 1 heterocycles. The average molecular weight is 480 g/mol. The lowest BCUT2D eigenvalue weighted by molar-refractivity contribution is -0.135. The fraction of sp³-hybridized carbons (Fsp3) is 0.269. The Morgan fingerprint density at radius 1 is 0.882 bits per heavy atom. The van der Waals surface area contributed by atoms with Crippen LogP contribution in [0.3, 0.4) is 0 Å². The number of hydrogen-bond acceptors (Lipinski definition) is 5. The molecule has 3 aromatic rings. The van der Waals surface area contributed by atoms with Crippen LogP contribution in [0.25, 0.3) is 0 Å². The third-order valence-corrected chi connectivity index (χ3v) is 7.24. The van der Waals surface area contributed by atoms with Gasteiger partial charge in [-0.25, -0.2) is 8.42 Å². The number of carbonyl (C=O) groups is 1. The van der Waals surface area contributed by atoms with E-state index in [1.807, 2.05) is 42.2 Å². The van der Waals surface area contributed by atoms with Crippen LogP contribution in [-0.2, 0) is 21.4 Å². The maximum atomic E-state index is 12.7. The minimum absolute atomic E-state index is 0.0720. The topological polar surface area (TPSA) is 78.9 Å². The molecule has 7 nitrogen and oxygen atoms in total. The third kappa shape index (κ3) is 6.15. The molecule has 0 unspecified atom stereocenters. The summed E-state index contributed by atoms with van der Waals surface area (Å²) in [4.78, 5) is 16.9. The molecular formula is C26H29N3O4S. The van der Waals surface area contributed by atoms with Crippen LogP contribution in [0.5, 0.6) is 5.75 Å². The molecule has 1 fully saturated rings. The molecule has 0 bridgehead atoms. The predicted octanol–water partition coefficient (Wildman–Crippen LogP) is 3.52. The van der Waals surface area contributed by atoms with Gasteiger partial charge in [-0.15, -0.1) is 0 Å². The lowest BCUT2D eigenvalue weighted by Crippen LogP contribution is -2.49. The summed E-state index contributed by atoms with van der Waals surface area (Å²) < 4.78 is 33.6. The second-order valence-electron chi connectivity index (χ2n) is 8.32. The standard InChI is InChI=1S/C26H29N3O4S/c1-21-7-5-6-10-25(21)27-34(31,32)24-13-11-23(12-14-24)33-20-26(30)29-17-15-28(16-18-29)19-22-8-3-2-4-9-22/h2-14,27H,15-20H2,1H3. The fourth-order valence-electron chi connectivity index (χ4n) is 3.84. The largest absolute Gasteiger partial charge is 0.484 e. The zero-order valence-corrected chi connectivity index (χ0v) is 20.0. The number of sulfonamides is 1. The second kappa shape index (κ2) is 10.7. The maximum Gasteiger partial charge on any atom is 0.261 e. The van der Waals surface area contributed by atoms with Crippen LogP contribution in [0.2, 0.25) is 0 Å². The lowest BCUT2D eigenvalue weighted by atomic mass is 10.2. The first-order valence-corrected chi connectivity index (χ1v) is 12.7.